The molecule has 2 saturated heterocycles. The standard InChI is InChI=1S/C22H28F6O4/c1-4-19(8-29-9-19)12-31-16-7-6-15(18(23)21(24,25)22(26,27)28)14(3)17(16)32-13-20(5-2)10-30-11-20/h6-7,18H,4-5,8-13H2,1-3H3. The van der Waals surface area contributed by atoms with E-state index in [2.05, 4.69) is 0 Å². The van der Waals surface area contributed by atoms with Gasteiger partial charge in [-0.05, 0) is 31.4 Å². The SMILES string of the molecule is CCC1(COc2ccc(C(F)C(F)(F)C(F)(F)F)c(C)c2OCC2(CC)COC2)COC1. The molecule has 0 bridgehead atoms. The van der Waals surface area contributed by atoms with Gasteiger partial charge in [0.05, 0.1) is 50.5 Å². The summed E-state index contributed by atoms with van der Waals surface area (Å²) in [6, 6.07) is 2.09. The fourth-order valence-corrected chi connectivity index (χ4v) is 3.61. The Morgan fingerprint density at radius 3 is 1.81 bits per heavy atom. The van der Waals surface area contributed by atoms with E-state index in [9.17, 15) is 26.3 Å². The van der Waals surface area contributed by atoms with Gasteiger partial charge in [-0.1, -0.05) is 19.9 Å². The number of ether oxygens (including phenoxy) is 4. The fraction of sp³-hybridized carbons (Fsp3) is 0.727. The molecule has 0 N–H and O–H groups in total. The van der Waals surface area contributed by atoms with Crippen LogP contribution in [-0.2, 0) is 9.47 Å². The van der Waals surface area contributed by atoms with Crippen molar-refractivity contribution in [2.24, 2.45) is 10.8 Å². The van der Waals surface area contributed by atoms with Crippen LogP contribution in [0.15, 0.2) is 12.1 Å². The Labute approximate surface area is 183 Å². The Morgan fingerprint density at radius 1 is 0.906 bits per heavy atom. The quantitative estimate of drug-likeness (QED) is 0.404. The van der Waals surface area contributed by atoms with Gasteiger partial charge in [0.2, 0.25) is 0 Å². The second kappa shape index (κ2) is 8.93. The molecule has 3 rings (SSSR count). The smallest absolute Gasteiger partial charge is 0.456 e. The Hall–Kier alpha value is -1.68. The fourth-order valence-electron chi connectivity index (χ4n) is 3.61. The van der Waals surface area contributed by atoms with Crippen LogP contribution in [0.2, 0.25) is 0 Å². The second-order valence-corrected chi connectivity index (χ2v) is 8.86. The number of benzene rings is 1. The van der Waals surface area contributed by atoms with Gasteiger partial charge in [-0.15, -0.1) is 0 Å². The molecule has 2 fully saturated rings. The van der Waals surface area contributed by atoms with Crippen LogP contribution in [0.25, 0.3) is 0 Å². The first kappa shape index (κ1) is 25.0. The van der Waals surface area contributed by atoms with Crippen LogP contribution in [-0.4, -0.2) is 51.7 Å². The lowest BCUT2D eigenvalue weighted by Crippen LogP contribution is -2.47. The van der Waals surface area contributed by atoms with Crippen molar-refractivity contribution in [2.45, 2.75) is 51.9 Å². The van der Waals surface area contributed by atoms with Gasteiger partial charge in [-0.25, -0.2) is 4.39 Å². The minimum atomic E-state index is -6.03. The molecule has 0 amide bonds. The summed E-state index contributed by atoms with van der Waals surface area (Å²) in [4.78, 5) is 0. The minimum absolute atomic E-state index is 0.0330. The molecule has 4 nitrogen and oxygen atoms in total. The average Bonchev–Trinajstić information content (AvgIpc) is 2.67. The van der Waals surface area contributed by atoms with Gasteiger partial charge in [0.15, 0.2) is 17.7 Å². The molecule has 0 saturated carbocycles. The second-order valence-electron chi connectivity index (χ2n) is 8.86. The summed E-state index contributed by atoms with van der Waals surface area (Å²) in [6.07, 6.45) is -8.10. The van der Waals surface area contributed by atoms with Crippen molar-refractivity contribution in [1.29, 1.82) is 0 Å². The first-order chi connectivity index (χ1) is 14.9. The molecule has 10 heteroatoms. The van der Waals surface area contributed by atoms with Crippen LogP contribution in [0.5, 0.6) is 11.5 Å². The number of alkyl halides is 6. The highest BCUT2D eigenvalue weighted by Gasteiger charge is 2.64. The summed E-state index contributed by atoms with van der Waals surface area (Å²) in [5.41, 5.74) is -1.44. The van der Waals surface area contributed by atoms with E-state index in [1.54, 1.807) is 0 Å². The van der Waals surface area contributed by atoms with Crippen LogP contribution in [0.4, 0.5) is 26.3 Å². The van der Waals surface area contributed by atoms with Crippen molar-refractivity contribution in [3.05, 3.63) is 23.3 Å². The molecule has 1 aromatic rings. The van der Waals surface area contributed by atoms with E-state index in [4.69, 9.17) is 18.9 Å². The molecule has 2 aliphatic heterocycles. The van der Waals surface area contributed by atoms with Gasteiger partial charge in [0.25, 0.3) is 0 Å². The van der Waals surface area contributed by atoms with Gasteiger partial charge in [0.1, 0.15) is 0 Å². The maximum Gasteiger partial charge on any atom is 0.456 e. The number of rotatable bonds is 10. The lowest BCUT2D eigenvalue weighted by atomic mass is 9.84. The van der Waals surface area contributed by atoms with Crippen molar-refractivity contribution < 1.29 is 45.3 Å². The summed E-state index contributed by atoms with van der Waals surface area (Å²) in [5.74, 6) is -5.41. The van der Waals surface area contributed by atoms with Crippen molar-refractivity contribution >= 4 is 0 Å². The number of hydrogen-bond donors (Lipinski definition) is 0. The maximum absolute atomic E-state index is 14.5. The number of halogens is 6. The van der Waals surface area contributed by atoms with E-state index >= 15 is 0 Å². The summed E-state index contributed by atoms with van der Waals surface area (Å²) in [6.45, 7) is 7.43. The van der Waals surface area contributed by atoms with Crippen LogP contribution < -0.4 is 9.47 Å². The highest BCUT2D eigenvalue weighted by Crippen LogP contribution is 2.49. The van der Waals surface area contributed by atoms with Crippen molar-refractivity contribution in [1.82, 2.24) is 0 Å². The van der Waals surface area contributed by atoms with Crippen LogP contribution >= 0.6 is 0 Å². The molecular weight excluding hydrogens is 442 g/mol. The van der Waals surface area contributed by atoms with Crippen LogP contribution in [0.1, 0.15) is 44.0 Å². The van der Waals surface area contributed by atoms with E-state index in [0.717, 1.165) is 18.9 Å². The first-order valence-corrected chi connectivity index (χ1v) is 10.5. The summed E-state index contributed by atoms with van der Waals surface area (Å²) in [7, 11) is 0. The molecule has 2 aliphatic rings. The largest absolute Gasteiger partial charge is 0.489 e. The average molecular weight is 470 g/mol. The zero-order valence-electron chi connectivity index (χ0n) is 18.3. The van der Waals surface area contributed by atoms with Crippen LogP contribution in [0.3, 0.4) is 0 Å². The molecular formula is C22H28F6O4. The van der Waals surface area contributed by atoms with Crippen molar-refractivity contribution in [3.8, 4) is 11.5 Å². The van der Waals surface area contributed by atoms with Crippen molar-refractivity contribution in [3.63, 3.8) is 0 Å². The lowest BCUT2D eigenvalue weighted by molar-refractivity contribution is -0.305. The Bertz CT molecular complexity index is 791. The molecule has 1 unspecified atom stereocenters. The molecule has 1 aromatic carbocycles. The zero-order valence-corrected chi connectivity index (χ0v) is 18.3. The highest BCUT2D eigenvalue weighted by atomic mass is 19.4. The Morgan fingerprint density at radius 2 is 1.41 bits per heavy atom. The molecule has 1 atom stereocenters. The molecule has 32 heavy (non-hydrogen) atoms. The zero-order chi connectivity index (χ0) is 23.8. The van der Waals surface area contributed by atoms with E-state index in [1.807, 2.05) is 13.8 Å². The van der Waals surface area contributed by atoms with E-state index < -0.39 is 23.8 Å². The topological polar surface area (TPSA) is 36.9 Å². The molecule has 2 heterocycles. The Balaban J connectivity index is 1.91. The maximum atomic E-state index is 14.5. The predicted octanol–water partition coefficient (Wildman–Crippen LogP) is 5.81. The summed E-state index contributed by atoms with van der Waals surface area (Å²) >= 11 is 0. The molecule has 0 aromatic heterocycles. The molecule has 0 aliphatic carbocycles. The van der Waals surface area contributed by atoms with E-state index in [-0.39, 0.29) is 41.1 Å². The molecule has 0 radical (unpaired) electrons. The van der Waals surface area contributed by atoms with E-state index in [0.29, 0.717) is 26.4 Å². The molecule has 182 valence electrons. The summed E-state index contributed by atoms with van der Waals surface area (Å²) in [5, 5.41) is 0. The highest BCUT2D eigenvalue weighted by molar-refractivity contribution is 5.51. The minimum Gasteiger partial charge on any atom is -0.489 e. The number of hydrogen-bond acceptors (Lipinski definition) is 4. The van der Waals surface area contributed by atoms with Crippen molar-refractivity contribution in [2.75, 3.05) is 39.6 Å². The Kier molecular flexibility index (Phi) is 6.96. The van der Waals surface area contributed by atoms with Gasteiger partial charge in [-0.2, -0.15) is 22.0 Å². The van der Waals surface area contributed by atoms with Crippen LogP contribution in [0, 0.1) is 17.8 Å². The lowest BCUT2D eigenvalue weighted by Gasteiger charge is -2.41. The third-order valence-electron chi connectivity index (χ3n) is 6.57. The predicted molar refractivity (Wildman–Crippen MR) is 104 cm³/mol. The van der Waals surface area contributed by atoms with Gasteiger partial charge in [0, 0.05) is 5.56 Å². The third-order valence-corrected chi connectivity index (χ3v) is 6.57. The molecule has 0 spiro atoms. The third kappa shape index (κ3) is 4.53. The first-order valence-electron chi connectivity index (χ1n) is 10.5. The van der Waals surface area contributed by atoms with Gasteiger partial charge in [-0.3, -0.25) is 0 Å². The normalized spacial score (nSPS) is 20.8. The van der Waals surface area contributed by atoms with Gasteiger partial charge < -0.3 is 18.9 Å². The monoisotopic (exact) mass is 470 g/mol. The van der Waals surface area contributed by atoms with E-state index in [1.165, 1.54) is 13.0 Å². The van der Waals surface area contributed by atoms with Gasteiger partial charge >= 0.3 is 12.1 Å². The summed E-state index contributed by atoms with van der Waals surface area (Å²) < 4.78 is 102.